The third kappa shape index (κ3) is 4.05. The molecule has 1 N–H and O–H groups in total. The number of nitrogens with one attached hydrogen (secondary N) is 1. The van der Waals surface area contributed by atoms with Gasteiger partial charge in [0.25, 0.3) is 10.0 Å². The van der Waals surface area contributed by atoms with E-state index < -0.39 is 21.7 Å². The molecule has 4 aromatic rings. The minimum atomic E-state index is -3.97. The number of nitrogens with zero attached hydrogens (tertiary/aromatic N) is 2. The predicted octanol–water partition coefficient (Wildman–Crippen LogP) is 5.08. The lowest BCUT2D eigenvalue weighted by molar-refractivity contribution is 0.585. The highest BCUT2D eigenvalue weighted by Gasteiger charge is 2.20. The molecule has 0 aliphatic heterocycles. The highest BCUT2D eigenvalue weighted by atomic mass is 35.5. The fourth-order valence-corrected chi connectivity index (χ4v) is 3.99. The zero-order chi connectivity index (χ0) is 21.3. The van der Waals surface area contributed by atoms with E-state index in [2.05, 4.69) is 9.93 Å². The number of benzene rings is 3. The van der Waals surface area contributed by atoms with Gasteiger partial charge in [0.05, 0.1) is 16.3 Å². The van der Waals surface area contributed by atoms with Gasteiger partial charge in [0.2, 0.25) is 0 Å². The maximum atomic E-state index is 14.3. The van der Waals surface area contributed by atoms with Crippen LogP contribution in [0.15, 0.2) is 83.8 Å². The van der Waals surface area contributed by atoms with Crippen molar-refractivity contribution in [2.75, 3.05) is 4.83 Å². The molecule has 0 amide bonds. The van der Waals surface area contributed by atoms with Crippen molar-refractivity contribution in [1.29, 1.82) is 0 Å². The van der Waals surface area contributed by atoms with E-state index in [4.69, 9.17) is 11.6 Å². The van der Waals surface area contributed by atoms with Crippen LogP contribution in [0.1, 0.15) is 0 Å². The number of sulfonamides is 1. The van der Waals surface area contributed by atoms with Crippen molar-refractivity contribution in [3.8, 4) is 22.5 Å². The Morgan fingerprint density at radius 1 is 0.900 bits per heavy atom. The molecule has 0 saturated heterocycles. The topological polar surface area (TPSA) is 64.0 Å². The Bertz CT molecular complexity index is 1310. The van der Waals surface area contributed by atoms with Crippen LogP contribution in [0.4, 0.5) is 8.78 Å². The Balaban J connectivity index is 1.83. The van der Waals surface area contributed by atoms with Crippen molar-refractivity contribution in [3.05, 3.63) is 95.5 Å². The number of hydrogen-bond donors (Lipinski definition) is 1. The van der Waals surface area contributed by atoms with Crippen LogP contribution in [-0.4, -0.2) is 18.3 Å². The predicted molar refractivity (Wildman–Crippen MR) is 111 cm³/mol. The molecule has 9 heteroatoms. The first kappa shape index (κ1) is 20.1. The summed E-state index contributed by atoms with van der Waals surface area (Å²) in [5.74, 6) is -1.54. The normalized spacial score (nSPS) is 11.4. The van der Waals surface area contributed by atoms with Crippen LogP contribution < -0.4 is 4.83 Å². The Morgan fingerprint density at radius 2 is 1.60 bits per heavy atom. The van der Waals surface area contributed by atoms with Crippen molar-refractivity contribution in [2.24, 2.45) is 0 Å². The van der Waals surface area contributed by atoms with Gasteiger partial charge in [-0.3, -0.25) is 0 Å². The van der Waals surface area contributed by atoms with Crippen LogP contribution in [0.25, 0.3) is 22.5 Å². The minimum absolute atomic E-state index is 0.0317. The molecule has 0 aliphatic rings. The molecule has 0 unspecified atom stereocenters. The summed E-state index contributed by atoms with van der Waals surface area (Å²) in [6.45, 7) is 0. The second-order valence-electron chi connectivity index (χ2n) is 6.37. The summed E-state index contributed by atoms with van der Waals surface area (Å²) in [7, 11) is -3.97. The standard InChI is InChI=1S/C21H14ClF2N3O2S/c22-15-8-6-14(7-9-15)21-13-20(18-11-10-16(23)12-19(18)24)25-27(21)26-30(28,29)17-4-2-1-3-5-17/h1-13,26H. The Labute approximate surface area is 176 Å². The summed E-state index contributed by atoms with van der Waals surface area (Å²) < 4.78 is 53.1. The van der Waals surface area contributed by atoms with E-state index in [-0.39, 0.29) is 16.2 Å². The molecule has 0 fully saturated rings. The van der Waals surface area contributed by atoms with E-state index in [1.165, 1.54) is 24.3 Å². The van der Waals surface area contributed by atoms with Gasteiger partial charge in [0, 0.05) is 22.2 Å². The molecule has 1 aromatic heterocycles. The Kier molecular flexibility index (Phi) is 5.27. The molecule has 30 heavy (non-hydrogen) atoms. The lowest BCUT2D eigenvalue weighted by Gasteiger charge is -2.11. The zero-order valence-corrected chi connectivity index (χ0v) is 16.8. The highest BCUT2D eigenvalue weighted by molar-refractivity contribution is 7.92. The van der Waals surface area contributed by atoms with Gasteiger partial charge in [-0.1, -0.05) is 41.9 Å². The average molecular weight is 446 g/mol. The van der Waals surface area contributed by atoms with Gasteiger partial charge >= 0.3 is 0 Å². The molecular formula is C21H14ClF2N3O2S. The Morgan fingerprint density at radius 3 is 2.27 bits per heavy atom. The molecule has 1 heterocycles. The van der Waals surface area contributed by atoms with Crippen LogP contribution in [0.5, 0.6) is 0 Å². The number of rotatable bonds is 5. The van der Waals surface area contributed by atoms with E-state index in [9.17, 15) is 17.2 Å². The molecule has 5 nitrogen and oxygen atoms in total. The summed E-state index contributed by atoms with van der Waals surface area (Å²) in [4.78, 5) is 3.47. The average Bonchev–Trinajstić information content (AvgIpc) is 3.12. The third-order valence-electron chi connectivity index (χ3n) is 4.32. The van der Waals surface area contributed by atoms with E-state index in [1.54, 1.807) is 42.5 Å². The van der Waals surface area contributed by atoms with Crippen LogP contribution in [0, 0.1) is 11.6 Å². The van der Waals surface area contributed by atoms with Crippen molar-refractivity contribution in [3.63, 3.8) is 0 Å². The van der Waals surface area contributed by atoms with E-state index in [0.717, 1.165) is 16.9 Å². The summed E-state index contributed by atoms with van der Waals surface area (Å²) in [6, 6.07) is 19.0. The lowest BCUT2D eigenvalue weighted by Crippen LogP contribution is -2.25. The summed E-state index contributed by atoms with van der Waals surface area (Å²) in [5.41, 5.74) is 1.11. The Hall–Kier alpha value is -3.23. The van der Waals surface area contributed by atoms with Gasteiger partial charge < -0.3 is 0 Å². The highest BCUT2D eigenvalue weighted by Crippen LogP contribution is 2.29. The molecule has 4 rings (SSSR count). The van der Waals surface area contributed by atoms with Crippen LogP contribution in [0.3, 0.4) is 0 Å². The van der Waals surface area contributed by atoms with Gasteiger partial charge in [0.15, 0.2) is 0 Å². The van der Waals surface area contributed by atoms with Crippen molar-refractivity contribution in [1.82, 2.24) is 9.89 Å². The first-order valence-corrected chi connectivity index (χ1v) is 10.6. The molecule has 0 saturated carbocycles. The van der Waals surface area contributed by atoms with Crippen LogP contribution in [-0.2, 0) is 10.0 Å². The smallest absolute Gasteiger partial charge is 0.207 e. The second kappa shape index (κ2) is 7.89. The monoisotopic (exact) mass is 445 g/mol. The van der Waals surface area contributed by atoms with Crippen LogP contribution in [0.2, 0.25) is 5.02 Å². The molecule has 152 valence electrons. The summed E-state index contributed by atoms with van der Waals surface area (Å²) in [5, 5.41) is 4.71. The molecule has 0 bridgehead atoms. The minimum Gasteiger partial charge on any atom is -0.207 e. The second-order valence-corrected chi connectivity index (χ2v) is 8.46. The van der Waals surface area contributed by atoms with Gasteiger partial charge in [0.1, 0.15) is 11.6 Å². The SMILES string of the molecule is O=S(=O)(Nn1nc(-c2ccc(F)cc2F)cc1-c1ccc(Cl)cc1)c1ccccc1. The van der Waals surface area contributed by atoms with Crippen molar-refractivity contribution in [2.45, 2.75) is 4.90 Å². The first-order chi connectivity index (χ1) is 14.3. The van der Waals surface area contributed by atoms with E-state index >= 15 is 0 Å². The zero-order valence-electron chi connectivity index (χ0n) is 15.3. The molecule has 3 aromatic carbocycles. The van der Waals surface area contributed by atoms with E-state index in [0.29, 0.717) is 16.3 Å². The molecule has 0 radical (unpaired) electrons. The fraction of sp³-hybridized carbons (Fsp3) is 0. The quantitative estimate of drug-likeness (QED) is 0.466. The largest absolute Gasteiger partial charge is 0.276 e. The number of aromatic nitrogens is 2. The van der Waals surface area contributed by atoms with Crippen molar-refractivity contribution >= 4 is 21.6 Å². The molecule has 0 aliphatic carbocycles. The summed E-state index contributed by atoms with van der Waals surface area (Å²) in [6.07, 6.45) is 0. The van der Waals surface area contributed by atoms with Gasteiger partial charge in [-0.25, -0.2) is 8.78 Å². The number of hydrogen-bond acceptors (Lipinski definition) is 3. The van der Waals surface area contributed by atoms with Crippen molar-refractivity contribution < 1.29 is 17.2 Å². The van der Waals surface area contributed by atoms with Gasteiger partial charge in [-0.15, -0.1) is 0 Å². The molecular weight excluding hydrogens is 432 g/mol. The lowest BCUT2D eigenvalue weighted by atomic mass is 10.1. The van der Waals surface area contributed by atoms with E-state index in [1.807, 2.05) is 0 Å². The van der Waals surface area contributed by atoms with Gasteiger partial charge in [-0.05, 0) is 42.5 Å². The first-order valence-electron chi connectivity index (χ1n) is 8.73. The maximum Gasteiger partial charge on any atom is 0.276 e. The third-order valence-corrected chi connectivity index (χ3v) is 5.87. The maximum absolute atomic E-state index is 14.3. The number of halogens is 3. The fourth-order valence-electron chi connectivity index (χ4n) is 2.87. The summed E-state index contributed by atoms with van der Waals surface area (Å²) >= 11 is 5.94. The van der Waals surface area contributed by atoms with Crippen LogP contribution >= 0.6 is 11.6 Å². The molecule has 0 atom stereocenters. The molecule has 0 spiro atoms. The van der Waals surface area contributed by atoms with Gasteiger partial charge in [-0.2, -0.15) is 23.1 Å².